The number of unbranched alkanes of at least 4 members (excludes halogenated alkanes) is 25. The summed E-state index contributed by atoms with van der Waals surface area (Å²) in [4.78, 5) is 13.3. The number of hydrogen-bond acceptors (Lipinski definition) is 18. The molecule has 3 rings (SSSR count). The molecule has 3 aliphatic rings. The monoisotopic (exact) mass is 1250 g/mol. The predicted molar refractivity (Wildman–Crippen MR) is 341 cm³/mol. The highest BCUT2D eigenvalue weighted by Gasteiger charge is 2.53. The van der Waals surface area contributed by atoms with E-state index < -0.39 is 124 Å². The van der Waals surface area contributed by atoms with Gasteiger partial charge in [0, 0.05) is 6.42 Å². The number of carbonyl (C=O) groups is 1. The highest BCUT2D eigenvalue weighted by Crippen LogP contribution is 2.33. The summed E-state index contributed by atoms with van der Waals surface area (Å²) in [7, 11) is 0. The number of hydrogen-bond donors (Lipinski definition) is 12. The van der Waals surface area contributed by atoms with Gasteiger partial charge in [0.2, 0.25) is 5.91 Å². The van der Waals surface area contributed by atoms with E-state index in [9.17, 15) is 61.0 Å². The Morgan fingerprint density at radius 2 is 0.795 bits per heavy atom. The lowest BCUT2D eigenvalue weighted by Gasteiger charge is -2.48. The van der Waals surface area contributed by atoms with Crippen LogP contribution in [0.4, 0.5) is 0 Å². The van der Waals surface area contributed by atoms with Crippen molar-refractivity contribution < 1.29 is 89.4 Å². The van der Waals surface area contributed by atoms with Gasteiger partial charge in [0.05, 0.1) is 38.6 Å². The molecule has 0 bridgehead atoms. The molecule has 0 aromatic rings. The third kappa shape index (κ3) is 32.7. The van der Waals surface area contributed by atoms with E-state index in [0.717, 1.165) is 70.6 Å². The van der Waals surface area contributed by atoms with Crippen molar-refractivity contribution in [2.75, 3.05) is 26.4 Å². The Balaban J connectivity index is 1.29. The van der Waals surface area contributed by atoms with Crippen LogP contribution in [0.25, 0.3) is 0 Å². The molecule has 3 heterocycles. The highest BCUT2D eigenvalue weighted by atomic mass is 16.8. The van der Waals surface area contributed by atoms with Gasteiger partial charge in [0.25, 0.3) is 0 Å². The summed E-state index contributed by atoms with van der Waals surface area (Å²) in [6.45, 7) is 1.50. The number of aliphatic hydroxyl groups is 11. The maximum atomic E-state index is 13.3. The van der Waals surface area contributed by atoms with Gasteiger partial charge in [-0.3, -0.25) is 4.79 Å². The minimum absolute atomic E-state index is 0.235. The van der Waals surface area contributed by atoms with E-state index in [1.165, 1.54) is 122 Å². The molecule has 17 unspecified atom stereocenters. The van der Waals surface area contributed by atoms with Gasteiger partial charge in [-0.05, 0) is 64.2 Å². The van der Waals surface area contributed by atoms with Crippen molar-refractivity contribution in [3.05, 3.63) is 72.9 Å². The summed E-state index contributed by atoms with van der Waals surface area (Å²) in [5.41, 5.74) is 0. The molecule has 0 aliphatic carbocycles. The lowest BCUT2D eigenvalue weighted by Crippen LogP contribution is -2.66. The summed E-state index contributed by atoms with van der Waals surface area (Å²) in [6, 6.07) is -0.988. The van der Waals surface area contributed by atoms with Crippen LogP contribution in [0.2, 0.25) is 0 Å². The van der Waals surface area contributed by atoms with Gasteiger partial charge >= 0.3 is 0 Å². The molecule has 3 fully saturated rings. The van der Waals surface area contributed by atoms with Crippen LogP contribution in [0.3, 0.4) is 0 Å². The van der Waals surface area contributed by atoms with Crippen molar-refractivity contribution in [2.45, 2.75) is 330 Å². The molecule has 17 atom stereocenters. The van der Waals surface area contributed by atoms with Crippen molar-refractivity contribution in [2.24, 2.45) is 0 Å². The van der Waals surface area contributed by atoms with Crippen molar-refractivity contribution in [3.8, 4) is 0 Å². The fourth-order valence-corrected chi connectivity index (χ4v) is 11.2. The highest BCUT2D eigenvalue weighted by molar-refractivity contribution is 5.76. The fourth-order valence-electron chi connectivity index (χ4n) is 11.2. The first-order valence-electron chi connectivity index (χ1n) is 34.2. The molecule has 0 saturated carbocycles. The number of nitrogens with one attached hydrogen (secondary N) is 1. The fraction of sp³-hybridized carbons (Fsp3) is 0.812. The Morgan fingerprint density at radius 1 is 0.420 bits per heavy atom. The first-order chi connectivity index (χ1) is 42.8. The molecule has 88 heavy (non-hydrogen) atoms. The van der Waals surface area contributed by atoms with Crippen molar-refractivity contribution in [1.29, 1.82) is 0 Å². The Kier molecular flexibility index (Phi) is 45.8. The summed E-state index contributed by atoms with van der Waals surface area (Å²) in [6.07, 6.45) is 36.7. The Bertz CT molecular complexity index is 1880. The van der Waals surface area contributed by atoms with E-state index in [1.807, 2.05) is 6.08 Å². The lowest BCUT2D eigenvalue weighted by atomic mass is 9.96. The first-order valence-corrected chi connectivity index (χ1v) is 34.2. The molecule has 0 aromatic carbocycles. The maximum absolute atomic E-state index is 13.3. The van der Waals surface area contributed by atoms with Crippen LogP contribution < -0.4 is 5.32 Å². The average Bonchev–Trinajstić information content (AvgIpc) is 1.15. The largest absolute Gasteiger partial charge is 0.394 e. The van der Waals surface area contributed by atoms with Crippen LogP contribution in [0, 0.1) is 0 Å². The Hall–Kier alpha value is -2.77. The molecule has 0 aromatic heterocycles. The number of allylic oxidation sites excluding steroid dienone is 11. The average molecular weight is 1250 g/mol. The van der Waals surface area contributed by atoms with Gasteiger partial charge in [0.1, 0.15) is 73.2 Å². The molecule has 3 aliphatic heterocycles. The quantitative estimate of drug-likeness (QED) is 0.0200. The minimum Gasteiger partial charge on any atom is -0.394 e. The molecular formula is C69H121NO18. The van der Waals surface area contributed by atoms with Crippen molar-refractivity contribution >= 4 is 5.91 Å². The van der Waals surface area contributed by atoms with Crippen LogP contribution in [-0.2, 0) is 33.2 Å². The first kappa shape index (κ1) is 79.5. The number of amides is 1. The van der Waals surface area contributed by atoms with Gasteiger partial charge in [-0.1, -0.05) is 228 Å². The van der Waals surface area contributed by atoms with Gasteiger partial charge in [-0.25, -0.2) is 0 Å². The molecule has 19 nitrogen and oxygen atoms in total. The summed E-state index contributed by atoms with van der Waals surface area (Å²) >= 11 is 0. The van der Waals surface area contributed by atoms with E-state index in [4.69, 9.17) is 28.4 Å². The molecule has 0 spiro atoms. The Labute approximate surface area is 528 Å². The lowest BCUT2D eigenvalue weighted by molar-refractivity contribution is -0.379. The van der Waals surface area contributed by atoms with Crippen molar-refractivity contribution in [3.63, 3.8) is 0 Å². The number of carbonyl (C=O) groups excluding carboxylic acids is 1. The second-order valence-corrected chi connectivity index (χ2v) is 24.2. The summed E-state index contributed by atoms with van der Waals surface area (Å²) < 4.78 is 34.2. The topological polar surface area (TPSA) is 307 Å². The van der Waals surface area contributed by atoms with E-state index in [1.54, 1.807) is 6.08 Å². The van der Waals surface area contributed by atoms with Gasteiger partial charge in [0.15, 0.2) is 18.9 Å². The van der Waals surface area contributed by atoms with E-state index in [2.05, 4.69) is 79.9 Å². The normalized spacial score (nSPS) is 28.9. The minimum atomic E-state index is -1.98. The molecule has 1 amide bonds. The molecule has 510 valence electrons. The molecule has 12 N–H and O–H groups in total. The zero-order valence-electron chi connectivity index (χ0n) is 53.7. The summed E-state index contributed by atoms with van der Waals surface area (Å²) in [5.74, 6) is -0.289. The molecule has 0 radical (unpaired) electrons. The van der Waals surface area contributed by atoms with Gasteiger partial charge in [-0.2, -0.15) is 0 Å². The van der Waals surface area contributed by atoms with Crippen LogP contribution in [0.5, 0.6) is 0 Å². The van der Waals surface area contributed by atoms with E-state index in [0.29, 0.717) is 12.8 Å². The Morgan fingerprint density at radius 3 is 1.27 bits per heavy atom. The number of aliphatic hydroxyl groups excluding tert-OH is 11. The zero-order chi connectivity index (χ0) is 64.0. The molecule has 3 saturated heterocycles. The SMILES string of the molecule is CC/C=C\C/C=C\C/C=C\C/C=C\CCCCCCCCCCCCCCCCCCCCCCCCC(=O)NC(COC1OC(CO)C(OC2OC(CO)C(OC3OC(CO)C(O)C(O)C3O)C(O)C2O)C(O)C1O)C(O)/C=C/CC/C=C/CCCC. The van der Waals surface area contributed by atoms with E-state index >= 15 is 0 Å². The molecular weight excluding hydrogens is 1130 g/mol. The second-order valence-electron chi connectivity index (χ2n) is 24.2. The standard InChI is InChI=1S/C69H121NO18/c1-3-5-7-9-11-13-14-15-16-17-18-19-20-21-22-23-24-25-26-27-28-29-30-31-32-33-34-35-36-37-38-39-41-43-45-47-57(75)70-52(53(74)46-44-42-40-12-10-8-6-4-2)51-83-67-63(81)60(78)65(55(49-72)85-67)88-69-64(82)61(79)66(56(50-73)86-69)87-68-62(80)59(77)58(76)54(48-71)84-68/h5,7,10-13,15-16,18-19,44,46,52-56,58-69,71-74,76-82H,3-4,6,8-9,14,17,20-43,45,47-51H2,1-2H3,(H,70,75)/b7-5-,12-10+,13-11-,16-15-,19-18-,46-44+. The van der Waals surface area contributed by atoms with Crippen LogP contribution in [0.1, 0.15) is 226 Å². The van der Waals surface area contributed by atoms with Gasteiger partial charge in [-0.15, -0.1) is 0 Å². The maximum Gasteiger partial charge on any atom is 0.220 e. The van der Waals surface area contributed by atoms with Crippen molar-refractivity contribution in [1.82, 2.24) is 5.32 Å². The van der Waals surface area contributed by atoms with Crippen LogP contribution >= 0.6 is 0 Å². The smallest absolute Gasteiger partial charge is 0.220 e. The van der Waals surface area contributed by atoms with Gasteiger partial charge < -0.3 is 89.9 Å². The third-order valence-electron chi connectivity index (χ3n) is 16.7. The number of rotatable bonds is 51. The molecule has 19 heteroatoms. The third-order valence-corrected chi connectivity index (χ3v) is 16.7. The number of ether oxygens (including phenoxy) is 6. The van der Waals surface area contributed by atoms with Crippen LogP contribution in [0.15, 0.2) is 72.9 Å². The van der Waals surface area contributed by atoms with E-state index in [-0.39, 0.29) is 18.9 Å². The van der Waals surface area contributed by atoms with Crippen LogP contribution in [-0.4, -0.2) is 193 Å². The predicted octanol–water partition coefficient (Wildman–Crippen LogP) is 8.55. The zero-order valence-corrected chi connectivity index (χ0v) is 53.7. The second kappa shape index (κ2) is 50.7. The summed E-state index contributed by atoms with van der Waals surface area (Å²) in [5, 5.41) is 120.